The highest BCUT2D eigenvalue weighted by Gasteiger charge is 2.41. The quantitative estimate of drug-likeness (QED) is 0.362. The Balaban J connectivity index is 1.32. The summed E-state index contributed by atoms with van der Waals surface area (Å²) in [6.45, 7) is 2.27. The van der Waals surface area contributed by atoms with Crippen molar-refractivity contribution < 1.29 is 14.3 Å². The number of benzene rings is 2. The van der Waals surface area contributed by atoms with E-state index < -0.39 is 0 Å². The van der Waals surface area contributed by atoms with Crippen molar-refractivity contribution in [3.05, 3.63) is 59.1 Å². The van der Waals surface area contributed by atoms with Gasteiger partial charge in [0.25, 0.3) is 0 Å². The van der Waals surface area contributed by atoms with Crippen LogP contribution in [0.3, 0.4) is 0 Å². The third-order valence-corrected chi connectivity index (χ3v) is 6.64. The Bertz CT molecular complexity index is 1190. The predicted octanol–water partition coefficient (Wildman–Crippen LogP) is 2.96. The Hall–Kier alpha value is -3.77. The molecule has 1 amide bonds. The fraction of sp³-hybridized carbons (Fsp3) is 0.360. The molecule has 0 saturated carbocycles. The number of aliphatic imine (C=N–C) groups is 1. The van der Waals surface area contributed by atoms with Crippen LogP contribution in [0.25, 0.3) is 0 Å². The first kappa shape index (κ1) is 23.0. The predicted molar refractivity (Wildman–Crippen MR) is 131 cm³/mol. The lowest BCUT2D eigenvalue weighted by Crippen LogP contribution is -2.59. The molecule has 0 spiro atoms. The normalized spacial score (nSPS) is 20.5. The molecule has 0 bridgehead atoms. The van der Waals surface area contributed by atoms with E-state index in [-0.39, 0.29) is 18.1 Å². The van der Waals surface area contributed by atoms with Crippen molar-refractivity contribution in [3.63, 3.8) is 0 Å². The number of ether oxygens (including phenoxy) is 2. The molecule has 2 saturated heterocycles. The van der Waals surface area contributed by atoms with E-state index in [2.05, 4.69) is 4.99 Å². The number of methoxy groups -OCH3 is 1. The molecule has 35 heavy (non-hydrogen) atoms. The van der Waals surface area contributed by atoms with E-state index >= 15 is 0 Å². The van der Waals surface area contributed by atoms with E-state index in [0.29, 0.717) is 43.6 Å². The third kappa shape index (κ3) is 4.75. The molecule has 3 heterocycles. The molecular weight excluding hydrogens is 468 g/mol. The van der Waals surface area contributed by atoms with E-state index in [0.717, 1.165) is 29.2 Å². The van der Waals surface area contributed by atoms with Crippen LogP contribution in [-0.4, -0.2) is 77.8 Å². The molecule has 0 N–H and O–H groups in total. The summed E-state index contributed by atoms with van der Waals surface area (Å²) in [6.07, 6.45) is 3.25. The number of carbonyl (C=O) groups excluding carboxylic acids is 1. The third-order valence-electron chi connectivity index (χ3n) is 6.39. The van der Waals surface area contributed by atoms with Crippen molar-refractivity contribution in [2.24, 2.45) is 10.1 Å². The van der Waals surface area contributed by atoms with Crippen LogP contribution in [0.5, 0.6) is 11.5 Å². The monoisotopic (exact) mass is 492 g/mol. The van der Waals surface area contributed by atoms with Crippen molar-refractivity contribution >= 4 is 29.2 Å². The second kappa shape index (κ2) is 9.84. The number of hydrogen-bond donors (Lipinski definition) is 0. The highest BCUT2D eigenvalue weighted by atomic mass is 35.5. The zero-order chi connectivity index (χ0) is 24.4. The number of guanidine groups is 1. The minimum Gasteiger partial charge on any atom is -0.497 e. The minimum absolute atomic E-state index is 0.0365. The van der Waals surface area contributed by atoms with E-state index in [9.17, 15) is 10.1 Å². The molecule has 3 aliphatic heterocycles. The maximum atomic E-state index is 12.6. The minimum atomic E-state index is -0.220. The topological polar surface area (TPSA) is 93.8 Å². The van der Waals surface area contributed by atoms with Gasteiger partial charge in [-0.1, -0.05) is 23.7 Å². The van der Waals surface area contributed by atoms with Gasteiger partial charge in [0.2, 0.25) is 18.1 Å². The van der Waals surface area contributed by atoms with Gasteiger partial charge in [-0.15, -0.1) is 4.99 Å². The molecular formula is C25H25ClN6O3. The summed E-state index contributed by atoms with van der Waals surface area (Å²) >= 11 is 6.09. The summed E-state index contributed by atoms with van der Waals surface area (Å²) < 4.78 is 11.2. The molecule has 2 aromatic carbocycles. The van der Waals surface area contributed by atoms with Crippen molar-refractivity contribution in [2.45, 2.75) is 25.0 Å². The van der Waals surface area contributed by atoms with Gasteiger partial charge in [0.1, 0.15) is 17.6 Å². The number of carbonyl (C=O) groups is 1. The smallest absolute Gasteiger partial charge is 0.233 e. The lowest BCUT2D eigenvalue weighted by molar-refractivity contribution is -0.128. The Labute approximate surface area is 208 Å². The summed E-state index contributed by atoms with van der Waals surface area (Å²) in [7, 11) is 1.62. The number of hydrazone groups is 1. The molecule has 3 aliphatic rings. The van der Waals surface area contributed by atoms with Gasteiger partial charge in [-0.05, 0) is 42.8 Å². The van der Waals surface area contributed by atoms with Crippen LogP contribution in [0, 0.1) is 11.5 Å². The summed E-state index contributed by atoms with van der Waals surface area (Å²) in [5.41, 5.74) is 1.66. The average Bonchev–Trinajstić information content (AvgIpc) is 3.47. The molecule has 10 heteroatoms. The molecule has 9 nitrogen and oxygen atoms in total. The van der Waals surface area contributed by atoms with Crippen LogP contribution in [0.1, 0.15) is 18.4 Å². The fourth-order valence-corrected chi connectivity index (χ4v) is 4.71. The van der Waals surface area contributed by atoms with Crippen molar-refractivity contribution in [2.75, 3.05) is 33.3 Å². The number of hydrogen-bond acceptors (Lipinski definition) is 6. The standard InChI is InChI=1S/C25H25ClN6O3/c1-34-19-8-10-20(11-9-19)35-21-13-30(14-21)25(28-16-27)32-15-22(31-12-2-3-23(31)33)24(29-32)17-4-6-18(26)7-5-17/h4-11,21-22H,2-3,12-15H2,1H3. The first-order valence-corrected chi connectivity index (χ1v) is 11.9. The van der Waals surface area contributed by atoms with Gasteiger partial charge in [0, 0.05) is 23.6 Å². The number of nitriles is 1. The van der Waals surface area contributed by atoms with E-state index in [4.69, 9.17) is 26.2 Å². The number of amides is 1. The summed E-state index contributed by atoms with van der Waals surface area (Å²) in [5, 5.41) is 16.6. The SMILES string of the molecule is COc1ccc(OC2CN(C(=NC#N)N3CC(N4CCCC4=O)C(c4ccc(Cl)cc4)=N3)C2)cc1. The van der Waals surface area contributed by atoms with Crippen LogP contribution in [-0.2, 0) is 4.79 Å². The van der Waals surface area contributed by atoms with Gasteiger partial charge in [0.15, 0.2) is 0 Å². The first-order valence-electron chi connectivity index (χ1n) is 11.5. The molecule has 2 aromatic rings. The number of rotatable bonds is 5. The van der Waals surface area contributed by atoms with Crippen LogP contribution in [0.15, 0.2) is 58.6 Å². The van der Waals surface area contributed by atoms with Crippen LogP contribution in [0.2, 0.25) is 5.02 Å². The fourth-order valence-electron chi connectivity index (χ4n) is 4.59. The van der Waals surface area contributed by atoms with E-state index in [1.165, 1.54) is 0 Å². The van der Waals surface area contributed by atoms with Gasteiger partial charge in [-0.2, -0.15) is 10.4 Å². The molecule has 180 valence electrons. The highest BCUT2D eigenvalue weighted by molar-refractivity contribution is 6.30. The lowest BCUT2D eigenvalue weighted by Gasteiger charge is -2.42. The summed E-state index contributed by atoms with van der Waals surface area (Å²) in [5.74, 6) is 2.10. The Kier molecular flexibility index (Phi) is 6.47. The van der Waals surface area contributed by atoms with Gasteiger partial charge < -0.3 is 19.3 Å². The molecule has 0 radical (unpaired) electrons. The number of halogens is 1. The Morgan fingerprint density at radius 1 is 1.11 bits per heavy atom. The Morgan fingerprint density at radius 2 is 1.83 bits per heavy atom. The Morgan fingerprint density at radius 3 is 2.46 bits per heavy atom. The molecule has 2 fully saturated rings. The van der Waals surface area contributed by atoms with Crippen LogP contribution >= 0.6 is 11.6 Å². The van der Waals surface area contributed by atoms with E-state index in [1.54, 1.807) is 12.1 Å². The maximum absolute atomic E-state index is 12.6. The van der Waals surface area contributed by atoms with Crippen molar-refractivity contribution in [1.82, 2.24) is 14.8 Å². The van der Waals surface area contributed by atoms with Crippen molar-refractivity contribution in [1.29, 1.82) is 5.26 Å². The molecule has 1 atom stereocenters. The lowest BCUT2D eigenvalue weighted by atomic mass is 10.0. The number of likely N-dealkylation sites (tertiary alicyclic amines) is 2. The largest absolute Gasteiger partial charge is 0.497 e. The molecule has 5 rings (SSSR count). The highest BCUT2D eigenvalue weighted by Crippen LogP contribution is 2.27. The summed E-state index contributed by atoms with van der Waals surface area (Å²) in [6, 6.07) is 14.7. The second-order valence-corrected chi connectivity index (χ2v) is 9.05. The average molecular weight is 493 g/mol. The zero-order valence-electron chi connectivity index (χ0n) is 19.3. The van der Waals surface area contributed by atoms with Gasteiger partial charge in [0.05, 0.1) is 38.5 Å². The zero-order valence-corrected chi connectivity index (χ0v) is 20.1. The second-order valence-electron chi connectivity index (χ2n) is 8.61. The van der Waals surface area contributed by atoms with Crippen molar-refractivity contribution in [3.8, 4) is 17.7 Å². The van der Waals surface area contributed by atoms with Gasteiger partial charge in [-0.3, -0.25) is 4.79 Å². The van der Waals surface area contributed by atoms with Gasteiger partial charge >= 0.3 is 0 Å². The van der Waals surface area contributed by atoms with Crippen LogP contribution in [0.4, 0.5) is 0 Å². The maximum Gasteiger partial charge on any atom is 0.233 e. The molecule has 1 unspecified atom stereocenters. The summed E-state index contributed by atoms with van der Waals surface area (Å²) in [4.78, 5) is 20.5. The first-order chi connectivity index (χ1) is 17.1. The molecule has 0 aromatic heterocycles. The molecule has 0 aliphatic carbocycles. The van der Waals surface area contributed by atoms with Crippen LogP contribution < -0.4 is 9.47 Å². The van der Waals surface area contributed by atoms with E-state index in [1.807, 2.05) is 64.5 Å². The number of nitrogens with zero attached hydrogens (tertiary/aromatic N) is 6. The van der Waals surface area contributed by atoms with Gasteiger partial charge in [-0.25, -0.2) is 5.01 Å².